The molecule has 170 valence electrons. The molecule has 2 N–H and O–H groups in total. The van der Waals surface area contributed by atoms with Gasteiger partial charge in [-0.1, -0.05) is 23.8 Å². The predicted octanol–water partition coefficient (Wildman–Crippen LogP) is 4.07. The molecular weight excluding hydrogens is 428 g/mol. The van der Waals surface area contributed by atoms with Crippen molar-refractivity contribution in [1.29, 1.82) is 0 Å². The van der Waals surface area contributed by atoms with Crippen LogP contribution >= 0.6 is 0 Å². The Kier molecular flexibility index (Phi) is 5.15. The summed E-state index contributed by atoms with van der Waals surface area (Å²) in [6.07, 6.45) is 3.54. The van der Waals surface area contributed by atoms with Crippen molar-refractivity contribution >= 4 is 23.1 Å². The summed E-state index contributed by atoms with van der Waals surface area (Å²) in [5.74, 6) is 2.37. The van der Waals surface area contributed by atoms with Crippen LogP contribution in [0.5, 0.6) is 0 Å². The molecule has 9 nitrogen and oxygen atoms in total. The zero-order valence-corrected chi connectivity index (χ0v) is 18.8. The fourth-order valence-corrected chi connectivity index (χ4v) is 4.18. The van der Waals surface area contributed by atoms with Crippen LogP contribution in [0.4, 0.5) is 17.5 Å². The lowest BCUT2D eigenvalue weighted by Gasteiger charge is -2.29. The minimum absolute atomic E-state index is 0.685. The topological polar surface area (TPSA) is 96.3 Å². The van der Waals surface area contributed by atoms with Gasteiger partial charge in [0.15, 0.2) is 11.5 Å². The number of hydrogen-bond donors (Lipinski definition) is 2. The van der Waals surface area contributed by atoms with Crippen molar-refractivity contribution in [2.45, 2.75) is 6.92 Å². The SMILES string of the molecule is Cc1cccc(-c2cc(Nc3cc(N4CCOCC4)n4nc(-c5ccncc5)cc4n3)n[nH]2)c1. The zero-order chi connectivity index (χ0) is 22.9. The van der Waals surface area contributed by atoms with Crippen LogP contribution in [0, 0.1) is 6.92 Å². The average Bonchev–Trinajstić information content (AvgIpc) is 3.52. The molecule has 5 heterocycles. The van der Waals surface area contributed by atoms with Gasteiger partial charge in [0.2, 0.25) is 0 Å². The summed E-state index contributed by atoms with van der Waals surface area (Å²) in [5.41, 5.74) is 5.85. The summed E-state index contributed by atoms with van der Waals surface area (Å²) in [6, 6.07) is 18.2. The Morgan fingerprint density at radius 1 is 0.941 bits per heavy atom. The first-order chi connectivity index (χ1) is 16.7. The normalized spacial score (nSPS) is 14.0. The van der Waals surface area contributed by atoms with E-state index in [4.69, 9.17) is 14.8 Å². The van der Waals surface area contributed by atoms with Crippen molar-refractivity contribution in [2.75, 3.05) is 36.5 Å². The Morgan fingerprint density at radius 3 is 2.62 bits per heavy atom. The molecule has 0 saturated carbocycles. The smallest absolute Gasteiger partial charge is 0.160 e. The Bertz CT molecular complexity index is 1440. The molecule has 0 aliphatic carbocycles. The lowest BCUT2D eigenvalue weighted by molar-refractivity contribution is 0.122. The number of rotatable bonds is 5. The van der Waals surface area contributed by atoms with E-state index in [9.17, 15) is 0 Å². The molecule has 0 radical (unpaired) electrons. The maximum Gasteiger partial charge on any atom is 0.160 e. The summed E-state index contributed by atoms with van der Waals surface area (Å²) >= 11 is 0. The molecule has 5 aromatic rings. The van der Waals surface area contributed by atoms with E-state index in [-0.39, 0.29) is 0 Å². The molecule has 1 aliphatic rings. The monoisotopic (exact) mass is 452 g/mol. The second kappa shape index (κ2) is 8.60. The number of aryl methyl sites for hydroxylation is 1. The number of benzene rings is 1. The van der Waals surface area contributed by atoms with Crippen LogP contribution in [0.3, 0.4) is 0 Å². The van der Waals surface area contributed by atoms with E-state index < -0.39 is 0 Å². The van der Waals surface area contributed by atoms with Crippen molar-refractivity contribution in [2.24, 2.45) is 0 Å². The highest BCUT2D eigenvalue weighted by Gasteiger charge is 2.19. The molecule has 0 amide bonds. The van der Waals surface area contributed by atoms with Crippen LogP contribution in [0.25, 0.3) is 28.2 Å². The van der Waals surface area contributed by atoms with Crippen molar-refractivity contribution in [1.82, 2.24) is 29.8 Å². The first-order valence-corrected chi connectivity index (χ1v) is 11.3. The van der Waals surface area contributed by atoms with Crippen LogP contribution in [-0.4, -0.2) is 56.1 Å². The van der Waals surface area contributed by atoms with Crippen molar-refractivity contribution in [3.05, 3.63) is 72.6 Å². The number of nitrogens with one attached hydrogen (secondary N) is 2. The number of anilines is 3. The number of aromatic nitrogens is 6. The van der Waals surface area contributed by atoms with Crippen LogP contribution < -0.4 is 10.2 Å². The van der Waals surface area contributed by atoms with Gasteiger partial charge in [-0.2, -0.15) is 14.7 Å². The van der Waals surface area contributed by atoms with E-state index >= 15 is 0 Å². The van der Waals surface area contributed by atoms with Gasteiger partial charge >= 0.3 is 0 Å². The molecule has 1 saturated heterocycles. The summed E-state index contributed by atoms with van der Waals surface area (Å²) in [5, 5.41) is 15.8. The number of aromatic amines is 1. The quantitative estimate of drug-likeness (QED) is 0.415. The maximum atomic E-state index is 5.56. The largest absolute Gasteiger partial charge is 0.378 e. The molecule has 0 atom stereocenters. The van der Waals surface area contributed by atoms with E-state index in [0.717, 1.165) is 47.1 Å². The van der Waals surface area contributed by atoms with Crippen LogP contribution in [0.1, 0.15) is 5.56 Å². The average molecular weight is 453 g/mol. The number of nitrogens with zero attached hydrogens (tertiary/aromatic N) is 6. The van der Waals surface area contributed by atoms with E-state index in [1.54, 1.807) is 12.4 Å². The molecule has 6 rings (SSSR count). The molecule has 1 aliphatic heterocycles. The van der Waals surface area contributed by atoms with E-state index in [2.05, 4.69) is 50.5 Å². The van der Waals surface area contributed by atoms with Crippen LogP contribution in [-0.2, 0) is 4.74 Å². The standard InChI is InChI=1S/C25H24N8O/c1-17-3-2-4-19(13-17)20-14-23(30-29-20)27-22-16-25(32-9-11-34-12-10-32)33-24(28-22)15-21(31-33)18-5-7-26-8-6-18/h2-8,13-16H,9-12H2,1H3,(H2,27,28,29,30). The number of ether oxygens (including phenoxy) is 1. The van der Waals surface area contributed by atoms with Crippen molar-refractivity contribution in [3.8, 4) is 22.5 Å². The van der Waals surface area contributed by atoms with Gasteiger partial charge in [-0.15, -0.1) is 0 Å². The Hall–Kier alpha value is -4.24. The van der Waals surface area contributed by atoms with Gasteiger partial charge in [-0.3, -0.25) is 10.1 Å². The lowest BCUT2D eigenvalue weighted by Crippen LogP contribution is -2.37. The van der Waals surface area contributed by atoms with E-state index in [1.807, 2.05) is 40.9 Å². The zero-order valence-electron chi connectivity index (χ0n) is 18.8. The van der Waals surface area contributed by atoms with E-state index in [0.29, 0.717) is 24.8 Å². The Labute approximate surface area is 196 Å². The summed E-state index contributed by atoms with van der Waals surface area (Å²) in [6.45, 7) is 5.04. The molecule has 34 heavy (non-hydrogen) atoms. The first kappa shape index (κ1) is 20.4. The molecule has 1 aromatic carbocycles. The van der Waals surface area contributed by atoms with Crippen LogP contribution in [0.15, 0.2) is 67.0 Å². The van der Waals surface area contributed by atoms with Crippen molar-refractivity contribution < 1.29 is 4.74 Å². The van der Waals surface area contributed by atoms with Gasteiger partial charge in [-0.05, 0) is 30.7 Å². The van der Waals surface area contributed by atoms with Gasteiger partial charge in [0.05, 0.1) is 24.6 Å². The number of hydrogen-bond acceptors (Lipinski definition) is 7. The Balaban J connectivity index is 1.38. The second-order valence-corrected chi connectivity index (χ2v) is 8.30. The highest BCUT2D eigenvalue weighted by Crippen LogP contribution is 2.28. The van der Waals surface area contributed by atoms with Crippen molar-refractivity contribution in [3.63, 3.8) is 0 Å². The number of morpholine rings is 1. The van der Waals surface area contributed by atoms with Gasteiger partial charge in [0.25, 0.3) is 0 Å². The fourth-order valence-electron chi connectivity index (χ4n) is 4.18. The molecule has 0 bridgehead atoms. The van der Waals surface area contributed by atoms with Gasteiger partial charge in [0.1, 0.15) is 11.6 Å². The third-order valence-corrected chi connectivity index (χ3v) is 5.88. The fraction of sp³-hybridized carbons (Fsp3) is 0.200. The van der Waals surface area contributed by atoms with E-state index in [1.165, 1.54) is 5.56 Å². The lowest BCUT2D eigenvalue weighted by atomic mass is 10.1. The molecule has 0 unspecified atom stereocenters. The maximum absolute atomic E-state index is 5.56. The van der Waals surface area contributed by atoms with Gasteiger partial charge < -0.3 is 15.0 Å². The predicted molar refractivity (Wildman–Crippen MR) is 131 cm³/mol. The third-order valence-electron chi connectivity index (χ3n) is 5.88. The van der Waals surface area contributed by atoms with Gasteiger partial charge in [0, 0.05) is 49.2 Å². The molecule has 4 aromatic heterocycles. The Morgan fingerprint density at radius 2 is 1.79 bits per heavy atom. The number of H-pyrrole nitrogens is 1. The molecule has 0 spiro atoms. The highest BCUT2D eigenvalue weighted by atomic mass is 16.5. The molecular formula is C25H24N8O. The molecule has 9 heteroatoms. The van der Waals surface area contributed by atoms with Gasteiger partial charge in [-0.25, -0.2) is 4.98 Å². The highest BCUT2D eigenvalue weighted by molar-refractivity contribution is 5.70. The third kappa shape index (κ3) is 3.97. The molecule has 1 fully saturated rings. The minimum Gasteiger partial charge on any atom is -0.378 e. The van der Waals surface area contributed by atoms with Crippen LogP contribution in [0.2, 0.25) is 0 Å². The minimum atomic E-state index is 0.685. The summed E-state index contributed by atoms with van der Waals surface area (Å²) in [4.78, 5) is 11.2. The summed E-state index contributed by atoms with van der Waals surface area (Å²) in [7, 11) is 0. The summed E-state index contributed by atoms with van der Waals surface area (Å²) < 4.78 is 7.46. The number of pyridine rings is 1. The number of fused-ring (bicyclic) bond motifs is 1. The second-order valence-electron chi connectivity index (χ2n) is 8.30. The first-order valence-electron chi connectivity index (χ1n) is 11.3.